The van der Waals surface area contributed by atoms with E-state index in [9.17, 15) is 0 Å². The number of ether oxygens (including phenoxy) is 2. The van der Waals surface area contributed by atoms with E-state index in [4.69, 9.17) is 9.47 Å². The van der Waals surface area contributed by atoms with Crippen molar-refractivity contribution >= 4 is 32.3 Å². The van der Waals surface area contributed by atoms with E-state index in [1.807, 2.05) is 12.1 Å². The molecule has 164 valence electrons. The standard InChI is InChI=1S/C30H25BrO2/c1-17-8-13-21-23(16-17)29-26(20(14-15-33-29)18-9-11-19(32-4)12-10-18)28-25(21)22-6-5-7-24(31)27(22)30(28,2)3/h5-14,16H,15H2,1-4H3. The molecule has 2 aliphatic rings. The van der Waals surface area contributed by atoms with Crippen LogP contribution in [0.25, 0.3) is 27.5 Å². The molecule has 0 atom stereocenters. The minimum atomic E-state index is -0.180. The number of rotatable bonds is 2. The maximum atomic E-state index is 6.42. The van der Waals surface area contributed by atoms with Crippen LogP contribution in [0.4, 0.5) is 0 Å². The fourth-order valence-corrected chi connectivity index (χ4v) is 6.58. The summed E-state index contributed by atoms with van der Waals surface area (Å²) in [7, 11) is 1.71. The van der Waals surface area contributed by atoms with Crippen molar-refractivity contribution in [2.45, 2.75) is 26.2 Å². The molecule has 2 nitrogen and oxygen atoms in total. The van der Waals surface area contributed by atoms with Crippen molar-refractivity contribution in [1.29, 1.82) is 0 Å². The Morgan fingerprint density at radius 3 is 2.45 bits per heavy atom. The Kier molecular flexibility index (Phi) is 4.50. The van der Waals surface area contributed by atoms with Gasteiger partial charge in [0, 0.05) is 20.8 Å². The Morgan fingerprint density at radius 1 is 0.909 bits per heavy atom. The minimum Gasteiger partial charge on any atom is -0.497 e. The molecule has 0 spiro atoms. The molecule has 0 aromatic heterocycles. The van der Waals surface area contributed by atoms with E-state index in [0.717, 1.165) is 16.0 Å². The molecule has 1 aliphatic carbocycles. The molecule has 1 heterocycles. The largest absolute Gasteiger partial charge is 0.497 e. The molecule has 0 saturated heterocycles. The van der Waals surface area contributed by atoms with Crippen LogP contribution in [0.3, 0.4) is 0 Å². The van der Waals surface area contributed by atoms with E-state index in [1.165, 1.54) is 55.3 Å². The van der Waals surface area contributed by atoms with Crippen molar-refractivity contribution in [1.82, 2.24) is 0 Å². The third-order valence-electron chi connectivity index (χ3n) is 7.13. The van der Waals surface area contributed by atoms with Gasteiger partial charge in [0.25, 0.3) is 0 Å². The summed E-state index contributed by atoms with van der Waals surface area (Å²) in [5.74, 6) is 1.86. The van der Waals surface area contributed by atoms with Crippen LogP contribution in [0.1, 0.15) is 41.7 Å². The molecule has 0 saturated carbocycles. The quantitative estimate of drug-likeness (QED) is 0.279. The van der Waals surface area contributed by atoms with Crippen LogP contribution in [-0.4, -0.2) is 13.7 Å². The molecule has 3 heteroatoms. The number of benzene rings is 4. The Balaban J connectivity index is 1.76. The van der Waals surface area contributed by atoms with Crippen molar-refractivity contribution in [2.24, 2.45) is 0 Å². The van der Waals surface area contributed by atoms with Gasteiger partial charge in [0.15, 0.2) is 0 Å². The SMILES string of the molecule is COc1ccc(C2=CCOc3c2c2c(c4ccc(C)cc34)-c3cccc(Br)c3C2(C)C)cc1. The van der Waals surface area contributed by atoms with Gasteiger partial charge in [-0.25, -0.2) is 0 Å². The number of hydrogen-bond acceptors (Lipinski definition) is 2. The van der Waals surface area contributed by atoms with Crippen LogP contribution >= 0.6 is 15.9 Å². The molecule has 0 N–H and O–H groups in total. The van der Waals surface area contributed by atoms with Crippen molar-refractivity contribution in [3.63, 3.8) is 0 Å². The lowest BCUT2D eigenvalue weighted by atomic mass is 9.76. The molecular weight excluding hydrogens is 472 g/mol. The van der Waals surface area contributed by atoms with Crippen LogP contribution in [0, 0.1) is 6.92 Å². The van der Waals surface area contributed by atoms with E-state index in [2.05, 4.69) is 91.3 Å². The molecule has 1 aliphatic heterocycles. The molecule has 33 heavy (non-hydrogen) atoms. The second-order valence-electron chi connectivity index (χ2n) is 9.45. The van der Waals surface area contributed by atoms with E-state index in [1.54, 1.807) is 7.11 Å². The topological polar surface area (TPSA) is 18.5 Å². The molecule has 0 amide bonds. The number of halogens is 1. The van der Waals surface area contributed by atoms with E-state index >= 15 is 0 Å². The Morgan fingerprint density at radius 2 is 1.70 bits per heavy atom. The van der Waals surface area contributed by atoms with Gasteiger partial charge < -0.3 is 9.47 Å². The first-order valence-electron chi connectivity index (χ1n) is 11.3. The summed E-state index contributed by atoms with van der Waals surface area (Å²) in [5, 5.41) is 2.45. The summed E-state index contributed by atoms with van der Waals surface area (Å²) in [4.78, 5) is 0. The molecule has 0 bridgehead atoms. The van der Waals surface area contributed by atoms with Gasteiger partial charge in [-0.2, -0.15) is 0 Å². The highest BCUT2D eigenvalue weighted by atomic mass is 79.9. The van der Waals surface area contributed by atoms with Gasteiger partial charge in [-0.15, -0.1) is 0 Å². The number of fused-ring (bicyclic) bond motifs is 8. The number of aryl methyl sites for hydroxylation is 1. The van der Waals surface area contributed by atoms with Crippen LogP contribution in [0.15, 0.2) is 71.2 Å². The normalized spacial score (nSPS) is 15.4. The van der Waals surface area contributed by atoms with Crippen molar-refractivity contribution in [2.75, 3.05) is 13.7 Å². The van der Waals surface area contributed by atoms with E-state index in [-0.39, 0.29) is 5.41 Å². The highest BCUT2D eigenvalue weighted by Gasteiger charge is 2.42. The predicted molar refractivity (Wildman–Crippen MR) is 140 cm³/mol. The third-order valence-corrected chi connectivity index (χ3v) is 7.80. The minimum absolute atomic E-state index is 0.180. The first kappa shape index (κ1) is 20.6. The van der Waals surface area contributed by atoms with Gasteiger partial charge in [0.1, 0.15) is 18.1 Å². The molecular formula is C30H25BrO2. The lowest BCUT2D eigenvalue weighted by Crippen LogP contribution is -2.20. The summed E-state index contributed by atoms with van der Waals surface area (Å²) in [6.45, 7) is 7.38. The fourth-order valence-electron chi connectivity index (χ4n) is 5.72. The Labute approximate surface area is 203 Å². The highest BCUT2D eigenvalue weighted by Crippen LogP contribution is 2.59. The Hall–Kier alpha value is -3.04. The van der Waals surface area contributed by atoms with Crippen molar-refractivity contribution in [3.8, 4) is 22.6 Å². The summed E-state index contributed by atoms with van der Waals surface area (Å²) in [6.07, 6.45) is 2.22. The summed E-state index contributed by atoms with van der Waals surface area (Å²) in [5.41, 5.74) is 10.0. The fraction of sp³-hybridized carbons (Fsp3) is 0.200. The zero-order valence-electron chi connectivity index (χ0n) is 19.3. The summed E-state index contributed by atoms with van der Waals surface area (Å²) >= 11 is 3.87. The number of hydrogen-bond donors (Lipinski definition) is 0. The Bertz CT molecular complexity index is 1480. The van der Waals surface area contributed by atoms with E-state index in [0.29, 0.717) is 6.61 Å². The lowest BCUT2D eigenvalue weighted by Gasteiger charge is -2.30. The van der Waals surface area contributed by atoms with Crippen molar-refractivity contribution in [3.05, 3.63) is 99.0 Å². The second-order valence-corrected chi connectivity index (χ2v) is 10.3. The molecule has 0 fully saturated rings. The monoisotopic (exact) mass is 496 g/mol. The van der Waals surface area contributed by atoms with Gasteiger partial charge in [-0.3, -0.25) is 0 Å². The first-order chi connectivity index (χ1) is 15.9. The maximum absolute atomic E-state index is 6.42. The average molecular weight is 497 g/mol. The smallest absolute Gasteiger partial charge is 0.135 e. The van der Waals surface area contributed by atoms with Gasteiger partial charge >= 0.3 is 0 Å². The van der Waals surface area contributed by atoms with Crippen LogP contribution in [0.5, 0.6) is 11.5 Å². The molecule has 4 aromatic carbocycles. The van der Waals surface area contributed by atoms with Crippen LogP contribution in [-0.2, 0) is 5.41 Å². The third kappa shape index (κ3) is 2.85. The zero-order valence-corrected chi connectivity index (χ0v) is 20.8. The molecule has 0 unspecified atom stereocenters. The second kappa shape index (κ2) is 7.23. The molecule has 6 rings (SSSR count). The molecule has 0 radical (unpaired) electrons. The van der Waals surface area contributed by atoms with Gasteiger partial charge in [0.05, 0.1) is 7.11 Å². The zero-order chi connectivity index (χ0) is 22.9. The van der Waals surface area contributed by atoms with Crippen LogP contribution in [0.2, 0.25) is 0 Å². The summed E-state index contributed by atoms with van der Waals surface area (Å²) in [6, 6.07) is 21.7. The maximum Gasteiger partial charge on any atom is 0.135 e. The van der Waals surface area contributed by atoms with Gasteiger partial charge in [-0.1, -0.05) is 71.7 Å². The predicted octanol–water partition coefficient (Wildman–Crippen LogP) is 8.05. The van der Waals surface area contributed by atoms with Crippen LogP contribution < -0.4 is 9.47 Å². The highest BCUT2D eigenvalue weighted by molar-refractivity contribution is 9.10. The average Bonchev–Trinajstić information content (AvgIpc) is 3.07. The van der Waals surface area contributed by atoms with Crippen molar-refractivity contribution < 1.29 is 9.47 Å². The summed E-state index contributed by atoms with van der Waals surface area (Å²) < 4.78 is 13.0. The van der Waals surface area contributed by atoms with Gasteiger partial charge in [0.2, 0.25) is 0 Å². The van der Waals surface area contributed by atoms with Gasteiger partial charge in [-0.05, 0) is 76.0 Å². The molecule has 4 aromatic rings. The van der Waals surface area contributed by atoms with E-state index < -0.39 is 0 Å². The number of methoxy groups -OCH3 is 1. The first-order valence-corrected chi connectivity index (χ1v) is 12.1. The lowest BCUT2D eigenvalue weighted by molar-refractivity contribution is 0.361.